The molecule has 1 fully saturated rings. The highest BCUT2D eigenvalue weighted by Gasteiger charge is 2.16. The smallest absolute Gasteiger partial charge is 0.124 e. The van der Waals surface area contributed by atoms with Gasteiger partial charge >= 0.3 is 0 Å². The van der Waals surface area contributed by atoms with E-state index in [1.807, 2.05) is 12.1 Å². The summed E-state index contributed by atoms with van der Waals surface area (Å²) in [6.45, 7) is 4.23. The summed E-state index contributed by atoms with van der Waals surface area (Å²) in [4.78, 5) is 9.32. The molecular weight excluding hydrogens is 232 g/mol. The molecule has 1 aromatic rings. The predicted octanol–water partition coefficient (Wildman–Crippen LogP) is 0.858. The van der Waals surface area contributed by atoms with Crippen LogP contribution in [0.1, 0.15) is 12.1 Å². The first-order valence-electron chi connectivity index (χ1n) is 5.87. The molecule has 4 nitrogen and oxygen atoms in total. The summed E-state index contributed by atoms with van der Waals surface area (Å²) < 4.78 is 0. The molecule has 1 saturated heterocycles. The summed E-state index contributed by atoms with van der Waals surface area (Å²) in [5.41, 5.74) is 7.53. The molecule has 0 atom stereocenters. The maximum absolute atomic E-state index is 5.72. The van der Waals surface area contributed by atoms with Gasteiger partial charge in [0.15, 0.2) is 0 Å². The van der Waals surface area contributed by atoms with E-state index < -0.39 is 0 Å². The number of nitrogens with zero attached hydrogens (tertiary/aromatic N) is 3. The molecule has 2 N–H and O–H groups in total. The average molecular weight is 250 g/mol. The second-order valence-corrected chi connectivity index (χ2v) is 4.82. The van der Waals surface area contributed by atoms with Gasteiger partial charge in [0.2, 0.25) is 0 Å². The number of anilines is 1. The molecule has 1 aromatic heterocycles. The molecule has 92 valence electrons. The van der Waals surface area contributed by atoms with Gasteiger partial charge in [-0.25, -0.2) is 0 Å². The molecule has 0 aromatic carbocycles. The number of aromatic nitrogens is 1. The SMILES string of the molecule is CN1CCCN(c2cccnc2C(N)=S)CC1. The van der Waals surface area contributed by atoms with E-state index in [9.17, 15) is 0 Å². The highest BCUT2D eigenvalue weighted by molar-refractivity contribution is 7.80. The van der Waals surface area contributed by atoms with Gasteiger partial charge in [-0.15, -0.1) is 0 Å². The Hall–Kier alpha value is -1.20. The third-order valence-electron chi connectivity index (χ3n) is 3.08. The molecular formula is C12H18N4S. The highest BCUT2D eigenvalue weighted by atomic mass is 32.1. The molecule has 0 radical (unpaired) electrons. The third kappa shape index (κ3) is 2.92. The van der Waals surface area contributed by atoms with Crippen molar-refractivity contribution in [3.63, 3.8) is 0 Å². The van der Waals surface area contributed by atoms with Crippen LogP contribution in [-0.2, 0) is 0 Å². The van der Waals surface area contributed by atoms with Crippen LogP contribution in [0.4, 0.5) is 5.69 Å². The quantitative estimate of drug-likeness (QED) is 0.789. The second-order valence-electron chi connectivity index (χ2n) is 4.38. The molecule has 0 unspecified atom stereocenters. The van der Waals surface area contributed by atoms with Gasteiger partial charge in [-0.2, -0.15) is 0 Å². The van der Waals surface area contributed by atoms with Gasteiger partial charge in [0.25, 0.3) is 0 Å². The minimum atomic E-state index is 0.373. The van der Waals surface area contributed by atoms with Crippen LogP contribution in [0.15, 0.2) is 18.3 Å². The molecule has 2 rings (SSSR count). The zero-order valence-electron chi connectivity index (χ0n) is 10.1. The fraction of sp³-hybridized carbons (Fsp3) is 0.500. The lowest BCUT2D eigenvalue weighted by Gasteiger charge is -2.24. The first kappa shape index (κ1) is 12.3. The normalized spacial score (nSPS) is 17.8. The Morgan fingerprint density at radius 1 is 1.35 bits per heavy atom. The van der Waals surface area contributed by atoms with Crippen molar-refractivity contribution in [2.45, 2.75) is 6.42 Å². The van der Waals surface area contributed by atoms with Crippen LogP contribution in [0.5, 0.6) is 0 Å². The minimum absolute atomic E-state index is 0.373. The van der Waals surface area contributed by atoms with Crippen molar-refractivity contribution in [2.24, 2.45) is 5.73 Å². The Labute approximate surface area is 107 Å². The predicted molar refractivity (Wildman–Crippen MR) is 74.5 cm³/mol. The topological polar surface area (TPSA) is 45.4 Å². The Morgan fingerprint density at radius 2 is 2.18 bits per heavy atom. The van der Waals surface area contributed by atoms with Crippen LogP contribution in [-0.4, -0.2) is 48.1 Å². The van der Waals surface area contributed by atoms with Crippen molar-refractivity contribution < 1.29 is 0 Å². The van der Waals surface area contributed by atoms with Crippen molar-refractivity contribution in [3.8, 4) is 0 Å². The molecule has 1 aliphatic rings. The van der Waals surface area contributed by atoms with E-state index >= 15 is 0 Å². The molecule has 0 spiro atoms. The maximum atomic E-state index is 5.72. The van der Waals surface area contributed by atoms with Crippen LogP contribution >= 0.6 is 12.2 Å². The van der Waals surface area contributed by atoms with Gasteiger partial charge in [-0.05, 0) is 32.1 Å². The lowest BCUT2D eigenvalue weighted by atomic mass is 10.2. The number of pyridine rings is 1. The summed E-state index contributed by atoms with van der Waals surface area (Å²) >= 11 is 5.05. The van der Waals surface area contributed by atoms with E-state index in [0.29, 0.717) is 4.99 Å². The van der Waals surface area contributed by atoms with Gasteiger partial charge in [0.05, 0.1) is 5.69 Å². The van der Waals surface area contributed by atoms with E-state index in [1.54, 1.807) is 6.20 Å². The van der Waals surface area contributed by atoms with Gasteiger partial charge in [0.1, 0.15) is 10.7 Å². The van der Waals surface area contributed by atoms with Gasteiger partial charge < -0.3 is 15.5 Å². The summed E-state index contributed by atoms with van der Waals surface area (Å²) in [5, 5.41) is 0. The van der Waals surface area contributed by atoms with Gasteiger partial charge in [-0.3, -0.25) is 4.98 Å². The summed E-state index contributed by atoms with van der Waals surface area (Å²) in [6, 6.07) is 3.98. The van der Waals surface area contributed by atoms with E-state index in [4.69, 9.17) is 18.0 Å². The fourth-order valence-electron chi connectivity index (χ4n) is 2.13. The first-order valence-corrected chi connectivity index (χ1v) is 6.27. The second kappa shape index (κ2) is 5.42. The minimum Gasteiger partial charge on any atom is -0.388 e. The molecule has 17 heavy (non-hydrogen) atoms. The van der Waals surface area contributed by atoms with Crippen LogP contribution in [0.3, 0.4) is 0 Å². The van der Waals surface area contributed by atoms with Crippen molar-refractivity contribution in [2.75, 3.05) is 38.1 Å². The molecule has 0 saturated carbocycles. The first-order chi connectivity index (χ1) is 8.18. The van der Waals surface area contributed by atoms with Crippen molar-refractivity contribution in [1.29, 1.82) is 0 Å². The summed E-state index contributed by atoms with van der Waals surface area (Å²) in [6.07, 6.45) is 2.89. The highest BCUT2D eigenvalue weighted by Crippen LogP contribution is 2.19. The Balaban J connectivity index is 2.24. The molecule has 0 bridgehead atoms. The number of likely N-dealkylation sites (N-methyl/N-ethyl adjacent to an activating group) is 1. The third-order valence-corrected chi connectivity index (χ3v) is 3.27. The fourth-order valence-corrected chi connectivity index (χ4v) is 2.29. The zero-order valence-corrected chi connectivity index (χ0v) is 10.9. The Kier molecular flexibility index (Phi) is 3.91. The van der Waals surface area contributed by atoms with Crippen LogP contribution in [0.25, 0.3) is 0 Å². The van der Waals surface area contributed by atoms with Crippen molar-refractivity contribution in [1.82, 2.24) is 9.88 Å². The molecule has 0 amide bonds. The van der Waals surface area contributed by atoms with Crippen molar-refractivity contribution in [3.05, 3.63) is 24.0 Å². The van der Waals surface area contributed by atoms with Crippen molar-refractivity contribution >= 4 is 22.9 Å². The monoisotopic (exact) mass is 250 g/mol. The number of hydrogen-bond acceptors (Lipinski definition) is 4. The van der Waals surface area contributed by atoms with Crippen LogP contribution in [0, 0.1) is 0 Å². The summed E-state index contributed by atoms with van der Waals surface area (Å²) in [7, 11) is 2.15. The number of thiocarbonyl (C=S) groups is 1. The van der Waals surface area contributed by atoms with E-state index in [-0.39, 0.29) is 0 Å². The Bertz CT molecular complexity index is 407. The zero-order chi connectivity index (χ0) is 12.3. The maximum Gasteiger partial charge on any atom is 0.124 e. The molecule has 5 heteroatoms. The van der Waals surface area contributed by atoms with Gasteiger partial charge in [0, 0.05) is 25.8 Å². The lowest BCUT2D eigenvalue weighted by molar-refractivity contribution is 0.360. The van der Waals surface area contributed by atoms with E-state index in [2.05, 4.69) is 21.8 Å². The average Bonchev–Trinajstić information content (AvgIpc) is 2.54. The van der Waals surface area contributed by atoms with Gasteiger partial charge in [-0.1, -0.05) is 12.2 Å². The number of nitrogens with two attached hydrogens (primary N) is 1. The summed E-state index contributed by atoms with van der Waals surface area (Å²) in [5.74, 6) is 0. The standard InChI is InChI=1S/C12H18N4S/c1-15-6-3-7-16(9-8-15)10-4-2-5-14-11(10)12(13)17/h2,4-5H,3,6-9H2,1H3,(H2,13,17). The lowest BCUT2D eigenvalue weighted by Crippen LogP contribution is -2.30. The van der Waals surface area contributed by atoms with E-state index in [0.717, 1.165) is 44.0 Å². The largest absolute Gasteiger partial charge is 0.388 e. The van der Waals surface area contributed by atoms with Crippen LogP contribution < -0.4 is 10.6 Å². The Morgan fingerprint density at radius 3 is 2.94 bits per heavy atom. The van der Waals surface area contributed by atoms with Crippen LogP contribution in [0.2, 0.25) is 0 Å². The molecule has 1 aliphatic heterocycles. The van der Waals surface area contributed by atoms with E-state index in [1.165, 1.54) is 0 Å². The molecule has 2 heterocycles. The molecule has 0 aliphatic carbocycles. The number of hydrogen-bond donors (Lipinski definition) is 1. The number of rotatable bonds is 2.